The topological polar surface area (TPSA) is 30.7 Å². The summed E-state index contributed by atoms with van der Waals surface area (Å²) in [5, 5.41) is 2.17. The van der Waals surface area contributed by atoms with E-state index in [0.717, 1.165) is 53.9 Å². The van der Waals surface area contributed by atoms with Gasteiger partial charge in [-0.1, -0.05) is 87.2 Å². The largest absolute Gasteiger partial charge is 0.333 e. The molecule has 247 valence electrons. The van der Waals surface area contributed by atoms with Gasteiger partial charge in [-0.2, -0.15) is 11.3 Å². The molecule has 0 unspecified atom stereocenters. The summed E-state index contributed by atoms with van der Waals surface area (Å²) >= 11 is 1.61. The molecule has 8 aromatic rings. The number of halogens is 1. The summed E-state index contributed by atoms with van der Waals surface area (Å²) < 4.78 is 40.1. The summed E-state index contributed by atoms with van der Waals surface area (Å²) in [6.45, 7) is 6.89. The van der Waals surface area contributed by atoms with Crippen LogP contribution in [-0.4, -0.2) is 14.5 Å². The first-order valence-corrected chi connectivity index (χ1v) is 16.9. The minimum absolute atomic E-state index is 0. The average molecular weight is 841 g/mol. The van der Waals surface area contributed by atoms with Crippen LogP contribution in [0.3, 0.4) is 0 Å². The van der Waals surface area contributed by atoms with E-state index in [2.05, 4.69) is 91.8 Å². The number of para-hydroxylation sites is 3. The summed E-state index contributed by atoms with van der Waals surface area (Å²) in [5.74, 6) is 1.36. The number of aryl methyl sites for hydroxylation is 1. The molecule has 3 nitrogen and oxygen atoms in total. The molecule has 0 amide bonds. The van der Waals surface area contributed by atoms with E-state index in [-0.39, 0.29) is 31.5 Å². The molecule has 1 radical (unpaired) electrons. The Morgan fingerprint density at radius 2 is 1.57 bits per heavy atom. The Hall–Kier alpha value is -4.48. The molecule has 0 spiro atoms. The van der Waals surface area contributed by atoms with Gasteiger partial charge in [-0.25, -0.2) is 4.39 Å². The number of thiophene rings is 1. The third-order valence-corrected chi connectivity index (χ3v) is 9.68. The number of fused-ring (bicyclic) bond motifs is 4. The maximum Gasteiger partial charge on any atom is 0.124 e. The molecule has 0 saturated heterocycles. The maximum absolute atomic E-state index is 14.0. The van der Waals surface area contributed by atoms with Crippen LogP contribution in [0, 0.1) is 24.8 Å². The van der Waals surface area contributed by atoms with Crippen molar-refractivity contribution in [1.82, 2.24) is 14.5 Å². The Morgan fingerprint density at radius 3 is 2.27 bits per heavy atom. The fraction of sp³-hybridized carbons (Fsp3) is 0.163. The SMILES string of the molecule is CC(C)c1cccc(C(C)C)c1-n1c(-c2[c-]ccc3c2sc2cc(F)ccc23)nc2ccccc21.[2H]C([2H])([2H])c1ccc(-c2[c-]cccc2)nc1.[Ir]. The zero-order chi connectivity index (χ0) is 35.9. The summed E-state index contributed by atoms with van der Waals surface area (Å²) in [7, 11) is 0. The summed E-state index contributed by atoms with van der Waals surface area (Å²) in [4.78, 5) is 9.29. The standard InChI is InChI=1S/C31H26FN2S.C12H10N.Ir/c1-18(2)21-9-7-10-22(19(3)4)29(21)34-27-14-6-5-13-26(27)33-31(34)25-12-8-11-24-23-16-15-20(32)17-28(23)35-30(24)25;1-10-7-8-12(13-9-10)11-5-3-2-4-6-11;/h5-11,13-19H,1-4H3;2-5,7-9H,1H3;/q2*-1;/i;1D3;. The summed E-state index contributed by atoms with van der Waals surface area (Å²) in [6.07, 6.45) is 1.39. The number of aromatic nitrogens is 3. The van der Waals surface area contributed by atoms with Gasteiger partial charge in [0.05, 0.1) is 16.9 Å². The van der Waals surface area contributed by atoms with E-state index in [0.29, 0.717) is 11.8 Å². The van der Waals surface area contributed by atoms with Crippen molar-refractivity contribution in [1.29, 1.82) is 0 Å². The van der Waals surface area contributed by atoms with Crippen LogP contribution in [0.2, 0.25) is 0 Å². The number of imidazole rings is 1. The minimum atomic E-state index is -2.09. The predicted octanol–water partition coefficient (Wildman–Crippen LogP) is 12.1. The van der Waals surface area contributed by atoms with Gasteiger partial charge in [0, 0.05) is 40.8 Å². The van der Waals surface area contributed by atoms with Crippen molar-refractivity contribution in [3.63, 3.8) is 0 Å². The molecule has 0 aliphatic carbocycles. The fourth-order valence-electron chi connectivity index (χ4n) is 6.18. The van der Waals surface area contributed by atoms with Gasteiger partial charge in [0.1, 0.15) is 5.82 Å². The Kier molecular flexibility index (Phi) is 9.08. The number of nitrogens with zero attached hydrogens (tertiary/aromatic N) is 3. The van der Waals surface area contributed by atoms with Crippen LogP contribution in [0.25, 0.3) is 59.5 Å². The van der Waals surface area contributed by atoms with E-state index in [1.54, 1.807) is 35.6 Å². The first-order chi connectivity index (χ1) is 24.5. The van der Waals surface area contributed by atoms with Crippen LogP contribution in [0.5, 0.6) is 0 Å². The Labute approximate surface area is 309 Å². The molecule has 3 aromatic heterocycles. The molecule has 0 fully saturated rings. The number of benzene rings is 5. The van der Waals surface area contributed by atoms with E-state index in [1.807, 2.05) is 36.4 Å². The normalized spacial score (nSPS) is 12.4. The van der Waals surface area contributed by atoms with Crippen molar-refractivity contribution < 1.29 is 28.6 Å². The van der Waals surface area contributed by atoms with Crippen molar-refractivity contribution in [2.75, 3.05) is 0 Å². The van der Waals surface area contributed by atoms with Gasteiger partial charge in [-0.05, 0) is 75.4 Å². The molecule has 49 heavy (non-hydrogen) atoms. The number of pyridine rings is 1. The molecule has 0 atom stereocenters. The second-order valence-electron chi connectivity index (χ2n) is 12.4. The van der Waals surface area contributed by atoms with Crippen LogP contribution >= 0.6 is 11.3 Å². The maximum atomic E-state index is 14.0. The fourth-order valence-corrected chi connectivity index (χ4v) is 7.40. The van der Waals surface area contributed by atoms with E-state index in [4.69, 9.17) is 9.10 Å². The van der Waals surface area contributed by atoms with Crippen LogP contribution in [0.15, 0.2) is 115 Å². The van der Waals surface area contributed by atoms with Gasteiger partial charge in [-0.15, -0.1) is 54.1 Å². The molecule has 8 rings (SSSR count). The van der Waals surface area contributed by atoms with Gasteiger partial charge in [-0.3, -0.25) is 4.98 Å². The van der Waals surface area contributed by atoms with Crippen LogP contribution in [0.4, 0.5) is 4.39 Å². The molecule has 0 saturated carbocycles. The van der Waals surface area contributed by atoms with Gasteiger partial charge >= 0.3 is 0 Å². The van der Waals surface area contributed by atoms with Gasteiger partial charge < -0.3 is 9.55 Å². The Balaban J connectivity index is 0.000000230. The molecule has 0 bridgehead atoms. The van der Waals surface area contributed by atoms with E-state index in [9.17, 15) is 4.39 Å². The smallest absolute Gasteiger partial charge is 0.124 e. The molecular formula is C43H36FIrN3S-2. The molecule has 6 heteroatoms. The summed E-state index contributed by atoms with van der Waals surface area (Å²) in [6, 6.07) is 41.3. The van der Waals surface area contributed by atoms with Crippen molar-refractivity contribution in [2.45, 2.75) is 46.4 Å². The van der Waals surface area contributed by atoms with E-state index < -0.39 is 6.85 Å². The second-order valence-corrected chi connectivity index (χ2v) is 13.5. The predicted molar refractivity (Wildman–Crippen MR) is 200 cm³/mol. The molecule has 0 aliphatic rings. The van der Waals surface area contributed by atoms with Crippen molar-refractivity contribution in [2.24, 2.45) is 0 Å². The van der Waals surface area contributed by atoms with Crippen LogP contribution < -0.4 is 0 Å². The van der Waals surface area contributed by atoms with Gasteiger partial charge in [0.2, 0.25) is 0 Å². The molecular weight excluding hydrogens is 802 g/mol. The molecule has 5 aromatic carbocycles. The first kappa shape index (κ1) is 30.6. The minimum Gasteiger partial charge on any atom is -0.333 e. The van der Waals surface area contributed by atoms with Crippen molar-refractivity contribution in [3.05, 3.63) is 150 Å². The number of hydrogen-bond donors (Lipinski definition) is 0. The average Bonchev–Trinajstić information content (AvgIpc) is 3.69. The number of hydrogen-bond acceptors (Lipinski definition) is 3. The second kappa shape index (κ2) is 14.6. The Bertz CT molecular complexity index is 2460. The third kappa shape index (κ3) is 6.74. The quantitative estimate of drug-likeness (QED) is 0.162. The third-order valence-electron chi connectivity index (χ3n) is 8.49. The Morgan fingerprint density at radius 1 is 0.796 bits per heavy atom. The molecule has 0 aliphatic heterocycles. The number of rotatable bonds is 5. The molecule has 0 N–H and O–H groups in total. The summed E-state index contributed by atoms with van der Waals surface area (Å²) in [5.41, 5.74) is 8.63. The monoisotopic (exact) mass is 841 g/mol. The van der Waals surface area contributed by atoms with Crippen molar-refractivity contribution >= 4 is 42.5 Å². The van der Waals surface area contributed by atoms with Gasteiger partial charge in [0.25, 0.3) is 0 Å². The van der Waals surface area contributed by atoms with Crippen LogP contribution in [0.1, 0.15) is 60.3 Å². The first-order valence-electron chi connectivity index (χ1n) is 17.6. The van der Waals surface area contributed by atoms with E-state index >= 15 is 0 Å². The van der Waals surface area contributed by atoms with Crippen molar-refractivity contribution in [3.8, 4) is 28.3 Å². The molecule has 3 heterocycles. The zero-order valence-corrected chi connectivity index (χ0v) is 30.8. The zero-order valence-electron chi connectivity index (χ0n) is 30.6. The van der Waals surface area contributed by atoms with Crippen LogP contribution in [-0.2, 0) is 20.1 Å². The van der Waals surface area contributed by atoms with E-state index in [1.165, 1.54) is 29.1 Å². The van der Waals surface area contributed by atoms with Gasteiger partial charge in [0.15, 0.2) is 0 Å².